The molecule has 4 nitrogen and oxygen atoms in total. The summed E-state index contributed by atoms with van der Waals surface area (Å²) in [6.45, 7) is 0.218. The number of sulfone groups is 1. The molecular formula is C8H11NO3S. The van der Waals surface area contributed by atoms with Crippen molar-refractivity contribution in [1.82, 2.24) is 0 Å². The summed E-state index contributed by atoms with van der Waals surface area (Å²) < 4.78 is 22.5. The van der Waals surface area contributed by atoms with E-state index in [0.717, 1.165) is 6.42 Å². The molecule has 72 valence electrons. The zero-order valence-electron chi connectivity index (χ0n) is 7.14. The van der Waals surface area contributed by atoms with Crippen LogP contribution in [0.2, 0.25) is 0 Å². The first kappa shape index (κ1) is 10.2. The third-order valence-electron chi connectivity index (χ3n) is 1.99. The van der Waals surface area contributed by atoms with Crippen LogP contribution in [0.5, 0.6) is 0 Å². The van der Waals surface area contributed by atoms with Crippen molar-refractivity contribution in [1.29, 1.82) is 0 Å². The Balaban J connectivity index is 2.54. The molecule has 0 N–H and O–H groups in total. The van der Waals surface area contributed by atoms with Gasteiger partial charge in [0.05, 0.1) is 17.5 Å². The molecule has 0 aromatic carbocycles. The number of nitrogens with zero attached hydrogens (tertiary/aromatic N) is 1. The Morgan fingerprint density at radius 1 is 1.54 bits per heavy atom. The van der Waals surface area contributed by atoms with E-state index in [2.05, 4.69) is 4.99 Å². The maximum Gasteiger partial charge on any atom is 0.235 e. The summed E-state index contributed by atoms with van der Waals surface area (Å²) in [6, 6.07) is 0. The fraction of sp³-hybridized carbons (Fsp3) is 0.625. The molecule has 1 saturated heterocycles. The third kappa shape index (κ3) is 2.79. The third-order valence-corrected chi connectivity index (χ3v) is 4.16. The lowest BCUT2D eigenvalue weighted by Crippen LogP contribution is -2.12. The minimum Gasteiger partial charge on any atom is -0.228 e. The van der Waals surface area contributed by atoms with Gasteiger partial charge < -0.3 is 0 Å². The highest BCUT2D eigenvalue weighted by Gasteiger charge is 2.28. The molecule has 1 unspecified atom stereocenters. The molecule has 0 amide bonds. The molecule has 1 heterocycles. The molecule has 0 bridgehead atoms. The summed E-state index contributed by atoms with van der Waals surface area (Å²) in [5.41, 5.74) is 0. The lowest BCUT2D eigenvalue weighted by Gasteiger charge is -2.00. The number of hydrogen-bond acceptors (Lipinski definition) is 4. The van der Waals surface area contributed by atoms with Gasteiger partial charge in [-0.15, -0.1) is 0 Å². The van der Waals surface area contributed by atoms with Crippen LogP contribution >= 0.6 is 0 Å². The standard InChI is InChI=1S/C8H11NO3S/c10-7-9-5-1-3-8-4-2-6-13(8,11)12/h1,3,8H,2,4-6H2/b3-1-. The topological polar surface area (TPSA) is 63.6 Å². The van der Waals surface area contributed by atoms with E-state index in [-0.39, 0.29) is 17.5 Å². The predicted octanol–water partition coefficient (Wildman–Crippen LogP) is 0.456. The molecule has 0 spiro atoms. The summed E-state index contributed by atoms with van der Waals surface area (Å²) in [7, 11) is -2.90. The second-order valence-corrected chi connectivity index (χ2v) is 5.25. The van der Waals surface area contributed by atoms with Crippen LogP contribution in [-0.2, 0) is 14.6 Å². The lowest BCUT2D eigenvalue weighted by atomic mass is 10.2. The average molecular weight is 201 g/mol. The zero-order valence-corrected chi connectivity index (χ0v) is 7.96. The van der Waals surface area contributed by atoms with E-state index in [9.17, 15) is 13.2 Å². The molecule has 1 fully saturated rings. The highest BCUT2D eigenvalue weighted by molar-refractivity contribution is 7.92. The lowest BCUT2D eigenvalue weighted by molar-refractivity contribution is 0.564. The molecular weight excluding hydrogens is 190 g/mol. The Hall–Kier alpha value is -0.930. The summed E-state index contributed by atoms with van der Waals surface area (Å²) in [5, 5.41) is -0.366. The first-order valence-corrected chi connectivity index (χ1v) is 5.80. The Kier molecular flexibility index (Phi) is 3.39. The quantitative estimate of drug-likeness (QED) is 0.378. The fourth-order valence-corrected chi connectivity index (χ4v) is 3.08. The number of hydrogen-bond donors (Lipinski definition) is 0. The van der Waals surface area contributed by atoms with Crippen LogP contribution in [0.25, 0.3) is 0 Å². The van der Waals surface area contributed by atoms with Crippen molar-refractivity contribution in [2.75, 3.05) is 12.3 Å². The molecule has 0 aromatic heterocycles. The highest BCUT2D eigenvalue weighted by atomic mass is 32.2. The normalized spacial score (nSPS) is 26.0. The van der Waals surface area contributed by atoms with E-state index in [1.54, 1.807) is 12.2 Å². The van der Waals surface area contributed by atoms with Crippen LogP contribution in [0.3, 0.4) is 0 Å². The molecule has 1 aliphatic rings. The van der Waals surface area contributed by atoms with E-state index in [1.165, 1.54) is 6.08 Å². The molecule has 1 rings (SSSR count). The van der Waals surface area contributed by atoms with E-state index in [1.807, 2.05) is 0 Å². The van der Waals surface area contributed by atoms with Gasteiger partial charge in [-0.1, -0.05) is 12.2 Å². The minimum absolute atomic E-state index is 0.218. The van der Waals surface area contributed by atoms with Crippen molar-refractivity contribution in [3.8, 4) is 0 Å². The van der Waals surface area contributed by atoms with Crippen molar-refractivity contribution in [3.05, 3.63) is 12.2 Å². The van der Waals surface area contributed by atoms with Gasteiger partial charge in [-0.05, 0) is 12.8 Å². The van der Waals surface area contributed by atoms with Gasteiger partial charge in [-0.25, -0.2) is 18.2 Å². The van der Waals surface area contributed by atoms with E-state index in [4.69, 9.17) is 0 Å². The zero-order chi connectivity index (χ0) is 9.73. The van der Waals surface area contributed by atoms with E-state index >= 15 is 0 Å². The smallest absolute Gasteiger partial charge is 0.228 e. The van der Waals surface area contributed by atoms with Gasteiger partial charge in [0.1, 0.15) is 0 Å². The molecule has 0 radical (unpaired) electrons. The summed E-state index contributed by atoms with van der Waals surface area (Å²) in [4.78, 5) is 13.0. The van der Waals surface area contributed by atoms with Crippen LogP contribution in [0, 0.1) is 0 Å². The summed E-state index contributed by atoms with van der Waals surface area (Å²) in [6.07, 6.45) is 6.01. The fourth-order valence-electron chi connectivity index (χ4n) is 1.34. The number of rotatable bonds is 3. The van der Waals surface area contributed by atoms with Crippen LogP contribution < -0.4 is 0 Å². The van der Waals surface area contributed by atoms with E-state index < -0.39 is 9.84 Å². The first-order valence-electron chi connectivity index (χ1n) is 4.08. The molecule has 0 aliphatic carbocycles. The van der Waals surface area contributed by atoms with Gasteiger partial charge in [0, 0.05) is 0 Å². The summed E-state index contributed by atoms with van der Waals surface area (Å²) in [5.74, 6) is 0.277. The van der Waals surface area contributed by atoms with Crippen molar-refractivity contribution in [2.24, 2.45) is 4.99 Å². The van der Waals surface area contributed by atoms with Gasteiger partial charge >= 0.3 is 0 Å². The average Bonchev–Trinajstić information content (AvgIpc) is 2.40. The Bertz CT molecular complexity index is 338. The summed E-state index contributed by atoms with van der Waals surface area (Å²) >= 11 is 0. The van der Waals surface area contributed by atoms with Crippen molar-refractivity contribution < 1.29 is 13.2 Å². The van der Waals surface area contributed by atoms with Crippen LogP contribution in [-0.4, -0.2) is 32.0 Å². The Morgan fingerprint density at radius 3 is 2.85 bits per heavy atom. The predicted molar refractivity (Wildman–Crippen MR) is 48.9 cm³/mol. The maximum atomic E-state index is 11.3. The Labute approximate surface area is 77.3 Å². The number of isocyanates is 1. The van der Waals surface area contributed by atoms with Crippen molar-refractivity contribution >= 4 is 15.9 Å². The van der Waals surface area contributed by atoms with Gasteiger partial charge in [-0.2, -0.15) is 0 Å². The molecule has 5 heteroatoms. The second-order valence-electron chi connectivity index (χ2n) is 2.91. The van der Waals surface area contributed by atoms with Crippen LogP contribution in [0.4, 0.5) is 0 Å². The maximum absolute atomic E-state index is 11.3. The first-order chi connectivity index (χ1) is 6.17. The van der Waals surface area contributed by atoms with Gasteiger partial charge in [0.2, 0.25) is 6.08 Å². The molecule has 1 aliphatic heterocycles. The van der Waals surface area contributed by atoms with E-state index in [0.29, 0.717) is 6.42 Å². The molecule has 13 heavy (non-hydrogen) atoms. The Morgan fingerprint density at radius 2 is 2.31 bits per heavy atom. The highest BCUT2D eigenvalue weighted by Crippen LogP contribution is 2.20. The molecule has 0 saturated carbocycles. The van der Waals surface area contributed by atoms with Gasteiger partial charge in [0.25, 0.3) is 0 Å². The minimum atomic E-state index is -2.90. The van der Waals surface area contributed by atoms with Crippen molar-refractivity contribution in [2.45, 2.75) is 18.1 Å². The van der Waals surface area contributed by atoms with Crippen LogP contribution in [0.1, 0.15) is 12.8 Å². The number of carbonyl (C=O) groups excluding carboxylic acids is 1. The number of aliphatic imine (C=N–C) groups is 1. The monoisotopic (exact) mass is 201 g/mol. The molecule has 0 aromatic rings. The largest absolute Gasteiger partial charge is 0.235 e. The van der Waals surface area contributed by atoms with Crippen LogP contribution in [0.15, 0.2) is 17.1 Å². The van der Waals surface area contributed by atoms with Crippen molar-refractivity contribution in [3.63, 3.8) is 0 Å². The van der Waals surface area contributed by atoms with Gasteiger partial charge in [0.15, 0.2) is 9.84 Å². The SMILES string of the molecule is O=C=NC/C=C\C1CCCS1(=O)=O. The van der Waals surface area contributed by atoms with Gasteiger partial charge in [-0.3, -0.25) is 0 Å². The second kappa shape index (κ2) is 4.35. The molecule has 1 atom stereocenters.